The Kier molecular flexibility index (Phi) is 3.60. The zero-order valence-electron chi connectivity index (χ0n) is 8.18. The number of hydrogen-bond donors (Lipinski definition) is 1. The van der Waals surface area contributed by atoms with Gasteiger partial charge >= 0.3 is 0 Å². The van der Waals surface area contributed by atoms with Gasteiger partial charge in [-0.25, -0.2) is 0 Å². The van der Waals surface area contributed by atoms with Crippen LogP contribution in [0.5, 0.6) is 0 Å². The topological polar surface area (TPSA) is 37.3 Å². The molecular weight excluding hydrogens is 176 g/mol. The lowest BCUT2D eigenvalue weighted by Crippen LogP contribution is -2.24. The second-order valence-corrected chi connectivity index (χ2v) is 3.23. The summed E-state index contributed by atoms with van der Waals surface area (Å²) < 4.78 is 0. The van der Waals surface area contributed by atoms with E-state index in [1.165, 1.54) is 6.92 Å². The van der Waals surface area contributed by atoms with Gasteiger partial charge in [0.1, 0.15) is 6.10 Å². The number of rotatable bonds is 4. The maximum absolute atomic E-state index is 11.0. The lowest BCUT2D eigenvalue weighted by atomic mass is 9.92. The van der Waals surface area contributed by atoms with Crippen LogP contribution in [0.1, 0.15) is 18.4 Å². The molecule has 1 N–H and O–H groups in total. The van der Waals surface area contributed by atoms with Crippen molar-refractivity contribution >= 4 is 5.78 Å². The minimum absolute atomic E-state index is 0.237. The summed E-state index contributed by atoms with van der Waals surface area (Å²) >= 11 is 0. The Morgan fingerprint density at radius 3 is 2.43 bits per heavy atom. The third-order valence-corrected chi connectivity index (χ3v) is 2.20. The number of benzene rings is 1. The van der Waals surface area contributed by atoms with Gasteiger partial charge in [0.15, 0.2) is 5.78 Å². The van der Waals surface area contributed by atoms with E-state index >= 15 is 0 Å². The molecule has 0 spiro atoms. The number of Topliss-reactive ketones (excluding diaryl/α,β-unsaturated/α-hetero) is 1. The Bertz CT molecular complexity index is 316. The molecule has 2 atom stereocenters. The van der Waals surface area contributed by atoms with Gasteiger partial charge in [0.2, 0.25) is 0 Å². The fraction of sp³-hybridized carbons (Fsp3) is 0.250. The van der Waals surface area contributed by atoms with Crippen molar-refractivity contribution in [1.29, 1.82) is 0 Å². The summed E-state index contributed by atoms with van der Waals surface area (Å²) in [5.41, 5.74) is 0.908. The Labute approximate surface area is 83.9 Å². The van der Waals surface area contributed by atoms with Gasteiger partial charge in [-0.05, 0) is 12.5 Å². The fourth-order valence-electron chi connectivity index (χ4n) is 1.38. The van der Waals surface area contributed by atoms with Crippen LogP contribution >= 0.6 is 0 Å². The number of ketones is 1. The molecule has 0 saturated carbocycles. The average Bonchev–Trinajstić information content (AvgIpc) is 2.20. The Hall–Kier alpha value is -1.41. The molecule has 0 bridgehead atoms. The maximum atomic E-state index is 11.0. The van der Waals surface area contributed by atoms with Crippen molar-refractivity contribution < 1.29 is 9.90 Å². The normalized spacial score (nSPS) is 14.4. The van der Waals surface area contributed by atoms with Gasteiger partial charge in [-0.3, -0.25) is 4.79 Å². The average molecular weight is 190 g/mol. The molecule has 0 fully saturated rings. The lowest BCUT2D eigenvalue weighted by Gasteiger charge is -2.17. The van der Waals surface area contributed by atoms with Crippen molar-refractivity contribution in [2.75, 3.05) is 0 Å². The Morgan fingerprint density at radius 2 is 2.00 bits per heavy atom. The molecule has 0 amide bonds. The van der Waals surface area contributed by atoms with Crippen LogP contribution in [0.25, 0.3) is 0 Å². The monoisotopic (exact) mass is 190 g/mol. The SMILES string of the molecule is C=C[C@@H](c1ccccc1)[C@@H](O)C(C)=O. The first-order valence-electron chi connectivity index (χ1n) is 4.53. The molecular formula is C12H14O2. The van der Waals surface area contributed by atoms with Crippen LogP contribution in [0, 0.1) is 0 Å². The van der Waals surface area contributed by atoms with Gasteiger partial charge in [0.05, 0.1) is 0 Å². The van der Waals surface area contributed by atoms with Crippen LogP contribution in [0.3, 0.4) is 0 Å². The van der Waals surface area contributed by atoms with Gasteiger partial charge in [-0.15, -0.1) is 6.58 Å². The number of hydrogen-bond acceptors (Lipinski definition) is 2. The molecule has 0 aliphatic rings. The molecule has 1 rings (SSSR count). The van der Waals surface area contributed by atoms with Crippen molar-refractivity contribution in [3.63, 3.8) is 0 Å². The van der Waals surface area contributed by atoms with Crippen molar-refractivity contribution in [3.05, 3.63) is 48.6 Å². The summed E-state index contributed by atoms with van der Waals surface area (Å²) in [7, 11) is 0. The van der Waals surface area contributed by atoms with Crippen molar-refractivity contribution in [2.24, 2.45) is 0 Å². The third kappa shape index (κ3) is 2.30. The highest BCUT2D eigenvalue weighted by Gasteiger charge is 2.21. The van der Waals surface area contributed by atoms with E-state index in [9.17, 15) is 9.90 Å². The van der Waals surface area contributed by atoms with Crippen LogP contribution in [0.15, 0.2) is 43.0 Å². The van der Waals surface area contributed by atoms with E-state index in [-0.39, 0.29) is 11.7 Å². The first kappa shape index (κ1) is 10.7. The van der Waals surface area contributed by atoms with E-state index < -0.39 is 6.10 Å². The van der Waals surface area contributed by atoms with E-state index in [4.69, 9.17) is 0 Å². The molecule has 14 heavy (non-hydrogen) atoms. The van der Waals surface area contributed by atoms with Crippen LogP contribution < -0.4 is 0 Å². The summed E-state index contributed by atoms with van der Waals surface area (Å²) in [4.78, 5) is 11.0. The summed E-state index contributed by atoms with van der Waals surface area (Å²) in [6.45, 7) is 5.01. The quantitative estimate of drug-likeness (QED) is 0.736. The smallest absolute Gasteiger partial charge is 0.159 e. The first-order valence-corrected chi connectivity index (χ1v) is 4.53. The number of aliphatic hydroxyl groups is 1. The van der Waals surface area contributed by atoms with E-state index in [1.54, 1.807) is 6.08 Å². The van der Waals surface area contributed by atoms with E-state index in [1.807, 2.05) is 30.3 Å². The van der Waals surface area contributed by atoms with Crippen molar-refractivity contribution in [2.45, 2.75) is 18.9 Å². The molecule has 0 radical (unpaired) electrons. The fourth-order valence-corrected chi connectivity index (χ4v) is 1.38. The second-order valence-electron chi connectivity index (χ2n) is 3.23. The van der Waals surface area contributed by atoms with Crippen molar-refractivity contribution in [3.8, 4) is 0 Å². The van der Waals surface area contributed by atoms with Gasteiger partial charge < -0.3 is 5.11 Å². The Balaban J connectivity index is 2.93. The largest absolute Gasteiger partial charge is 0.384 e. The molecule has 0 unspecified atom stereocenters. The first-order chi connectivity index (χ1) is 6.66. The Morgan fingerprint density at radius 1 is 1.43 bits per heavy atom. The minimum Gasteiger partial charge on any atom is -0.384 e. The summed E-state index contributed by atoms with van der Waals surface area (Å²) in [5, 5.41) is 9.62. The number of aliphatic hydroxyl groups excluding tert-OH is 1. The number of carbonyl (C=O) groups is 1. The standard InChI is InChI=1S/C12H14O2/c1-3-11(12(14)9(2)13)10-7-5-4-6-8-10/h3-8,11-12,14H,1H2,2H3/t11-,12-/m0/s1. The van der Waals surface area contributed by atoms with Crippen LogP contribution in [-0.4, -0.2) is 17.0 Å². The summed E-state index contributed by atoms with van der Waals surface area (Å²) in [6, 6.07) is 9.39. The van der Waals surface area contributed by atoms with Crippen LogP contribution in [0.2, 0.25) is 0 Å². The molecule has 0 aromatic heterocycles. The molecule has 0 heterocycles. The van der Waals surface area contributed by atoms with Crippen LogP contribution in [-0.2, 0) is 4.79 Å². The molecule has 2 heteroatoms. The highest BCUT2D eigenvalue weighted by Crippen LogP contribution is 2.21. The summed E-state index contributed by atoms with van der Waals surface area (Å²) in [6.07, 6.45) is 0.608. The van der Waals surface area contributed by atoms with Crippen LogP contribution in [0.4, 0.5) is 0 Å². The minimum atomic E-state index is -0.991. The predicted octanol–water partition coefficient (Wildman–Crippen LogP) is 1.91. The molecule has 0 aliphatic carbocycles. The van der Waals surface area contributed by atoms with E-state index in [0.29, 0.717) is 0 Å². The van der Waals surface area contributed by atoms with Gasteiger partial charge in [0, 0.05) is 5.92 Å². The molecule has 0 saturated heterocycles. The second kappa shape index (κ2) is 4.72. The van der Waals surface area contributed by atoms with E-state index in [2.05, 4.69) is 6.58 Å². The zero-order chi connectivity index (χ0) is 10.6. The summed E-state index contributed by atoms with van der Waals surface area (Å²) in [5.74, 6) is -0.549. The predicted molar refractivity (Wildman–Crippen MR) is 56.1 cm³/mol. The van der Waals surface area contributed by atoms with Crippen molar-refractivity contribution in [1.82, 2.24) is 0 Å². The molecule has 0 aliphatic heterocycles. The molecule has 2 nitrogen and oxygen atoms in total. The van der Waals surface area contributed by atoms with E-state index in [0.717, 1.165) is 5.56 Å². The van der Waals surface area contributed by atoms with Gasteiger partial charge in [-0.2, -0.15) is 0 Å². The molecule has 74 valence electrons. The zero-order valence-corrected chi connectivity index (χ0v) is 8.18. The highest BCUT2D eigenvalue weighted by atomic mass is 16.3. The van der Waals surface area contributed by atoms with Gasteiger partial charge in [0.25, 0.3) is 0 Å². The maximum Gasteiger partial charge on any atom is 0.159 e. The molecule has 1 aromatic rings. The lowest BCUT2D eigenvalue weighted by molar-refractivity contribution is -0.125. The molecule has 1 aromatic carbocycles. The number of carbonyl (C=O) groups excluding carboxylic acids is 1. The highest BCUT2D eigenvalue weighted by molar-refractivity contribution is 5.81. The van der Waals surface area contributed by atoms with Gasteiger partial charge in [-0.1, -0.05) is 36.4 Å². The third-order valence-electron chi connectivity index (χ3n) is 2.20.